The standard InChI is InChI=1S/C24H23FN2O6S/c1-3-26-24(30)17-6-9-22(33-19-11-16(12-23(28)29)10-18(25)14-19)21(13-17)27-34(31,32)20-7-4-15(2)5-8-20/h4-11,13-14,27H,3,12H2,1-2H3,(H,26,30)(H,28,29). The van der Waals surface area contributed by atoms with Crippen molar-refractivity contribution in [1.29, 1.82) is 0 Å². The first kappa shape index (κ1) is 24.7. The Balaban J connectivity index is 2.02. The molecule has 0 aliphatic carbocycles. The lowest BCUT2D eigenvalue weighted by molar-refractivity contribution is -0.136. The zero-order chi connectivity index (χ0) is 24.9. The second-order valence-corrected chi connectivity index (χ2v) is 9.14. The maximum Gasteiger partial charge on any atom is 0.307 e. The Labute approximate surface area is 196 Å². The average Bonchev–Trinajstić information content (AvgIpc) is 2.74. The van der Waals surface area contributed by atoms with Crippen molar-refractivity contribution in [2.24, 2.45) is 0 Å². The predicted octanol–water partition coefficient (Wildman–Crippen LogP) is 4.10. The van der Waals surface area contributed by atoms with Crippen LogP contribution in [0, 0.1) is 12.7 Å². The fourth-order valence-electron chi connectivity index (χ4n) is 3.11. The van der Waals surface area contributed by atoms with Gasteiger partial charge in [0.25, 0.3) is 15.9 Å². The molecule has 3 rings (SSSR count). The fraction of sp³-hybridized carbons (Fsp3) is 0.167. The van der Waals surface area contributed by atoms with Crippen LogP contribution in [0.4, 0.5) is 10.1 Å². The first-order valence-corrected chi connectivity index (χ1v) is 11.8. The van der Waals surface area contributed by atoms with Crippen LogP contribution in [0.2, 0.25) is 0 Å². The largest absolute Gasteiger partial charge is 0.481 e. The molecule has 0 bridgehead atoms. The molecule has 0 radical (unpaired) electrons. The van der Waals surface area contributed by atoms with E-state index in [2.05, 4.69) is 10.0 Å². The number of carboxylic acids is 1. The quantitative estimate of drug-likeness (QED) is 0.419. The van der Waals surface area contributed by atoms with Crippen LogP contribution in [0.1, 0.15) is 28.4 Å². The summed E-state index contributed by atoms with van der Waals surface area (Å²) in [4.78, 5) is 23.3. The number of rotatable bonds is 9. The molecule has 0 aromatic heterocycles. The smallest absolute Gasteiger partial charge is 0.307 e. The second kappa shape index (κ2) is 10.3. The minimum absolute atomic E-state index is 0.00182. The number of carboxylic acid groups (broad SMARTS) is 1. The van der Waals surface area contributed by atoms with Crippen molar-refractivity contribution >= 4 is 27.6 Å². The van der Waals surface area contributed by atoms with Gasteiger partial charge in [-0.3, -0.25) is 14.3 Å². The SMILES string of the molecule is CCNC(=O)c1ccc(Oc2cc(F)cc(CC(=O)O)c2)c(NS(=O)(=O)c2ccc(C)cc2)c1. The van der Waals surface area contributed by atoms with Crippen LogP contribution in [0.15, 0.2) is 65.6 Å². The van der Waals surface area contributed by atoms with Gasteiger partial charge in [0.1, 0.15) is 11.6 Å². The monoisotopic (exact) mass is 486 g/mol. The maximum atomic E-state index is 14.0. The highest BCUT2D eigenvalue weighted by atomic mass is 32.2. The lowest BCUT2D eigenvalue weighted by atomic mass is 10.1. The van der Waals surface area contributed by atoms with Gasteiger partial charge in [0, 0.05) is 18.2 Å². The first-order valence-electron chi connectivity index (χ1n) is 10.3. The molecule has 3 aromatic rings. The van der Waals surface area contributed by atoms with Crippen molar-refractivity contribution in [3.05, 3.63) is 83.2 Å². The summed E-state index contributed by atoms with van der Waals surface area (Å²) in [7, 11) is -4.05. The van der Waals surface area contributed by atoms with E-state index < -0.39 is 34.1 Å². The van der Waals surface area contributed by atoms with Gasteiger partial charge in [0.2, 0.25) is 0 Å². The Bertz CT molecular complexity index is 1320. The van der Waals surface area contributed by atoms with Crippen LogP contribution < -0.4 is 14.8 Å². The van der Waals surface area contributed by atoms with Crippen molar-refractivity contribution in [1.82, 2.24) is 5.32 Å². The van der Waals surface area contributed by atoms with E-state index in [9.17, 15) is 22.4 Å². The molecule has 0 fully saturated rings. The molecule has 0 unspecified atom stereocenters. The summed E-state index contributed by atoms with van der Waals surface area (Å²) in [5, 5.41) is 11.6. The predicted molar refractivity (Wildman–Crippen MR) is 124 cm³/mol. The lowest BCUT2D eigenvalue weighted by Crippen LogP contribution is -2.23. The summed E-state index contributed by atoms with van der Waals surface area (Å²) >= 11 is 0. The number of benzene rings is 3. The molecule has 34 heavy (non-hydrogen) atoms. The number of hydrogen-bond donors (Lipinski definition) is 3. The summed E-state index contributed by atoms with van der Waals surface area (Å²) in [6.45, 7) is 3.94. The number of anilines is 1. The Morgan fingerprint density at radius 3 is 2.38 bits per heavy atom. The molecule has 0 aliphatic heterocycles. The summed E-state index contributed by atoms with van der Waals surface area (Å²) < 4.78 is 48.1. The zero-order valence-electron chi connectivity index (χ0n) is 18.5. The topological polar surface area (TPSA) is 122 Å². The van der Waals surface area contributed by atoms with Crippen LogP contribution in [-0.2, 0) is 21.2 Å². The molecule has 3 N–H and O–H groups in total. The van der Waals surface area contributed by atoms with E-state index in [1.54, 1.807) is 19.1 Å². The number of aryl methyl sites for hydroxylation is 1. The molecule has 1 amide bonds. The third-order valence-electron chi connectivity index (χ3n) is 4.67. The highest BCUT2D eigenvalue weighted by Gasteiger charge is 2.19. The van der Waals surface area contributed by atoms with E-state index in [0.717, 1.165) is 17.7 Å². The summed E-state index contributed by atoms with van der Waals surface area (Å²) in [5.74, 6) is -2.31. The minimum atomic E-state index is -4.05. The molecule has 10 heteroatoms. The second-order valence-electron chi connectivity index (χ2n) is 7.46. The van der Waals surface area contributed by atoms with E-state index in [1.165, 1.54) is 36.4 Å². The Morgan fingerprint density at radius 2 is 1.74 bits per heavy atom. The molecule has 0 heterocycles. The van der Waals surface area contributed by atoms with Crippen LogP contribution in [-0.4, -0.2) is 31.9 Å². The number of carbonyl (C=O) groups is 2. The van der Waals surface area contributed by atoms with Crippen molar-refractivity contribution in [3.8, 4) is 11.5 Å². The molecule has 0 atom stereocenters. The van der Waals surface area contributed by atoms with Crippen molar-refractivity contribution in [2.45, 2.75) is 25.2 Å². The average molecular weight is 487 g/mol. The van der Waals surface area contributed by atoms with Crippen molar-refractivity contribution < 1.29 is 32.2 Å². The number of nitrogens with one attached hydrogen (secondary N) is 2. The van der Waals surface area contributed by atoms with Gasteiger partial charge >= 0.3 is 5.97 Å². The highest BCUT2D eigenvalue weighted by molar-refractivity contribution is 7.92. The fourth-order valence-corrected chi connectivity index (χ4v) is 4.17. The number of carbonyl (C=O) groups excluding carboxylic acids is 1. The minimum Gasteiger partial charge on any atom is -0.481 e. The van der Waals surface area contributed by atoms with Crippen molar-refractivity contribution in [2.75, 3.05) is 11.3 Å². The van der Waals surface area contributed by atoms with Crippen molar-refractivity contribution in [3.63, 3.8) is 0 Å². The van der Waals surface area contributed by atoms with Crippen LogP contribution in [0.5, 0.6) is 11.5 Å². The van der Waals surface area contributed by atoms with Gasteiger partial charge < -0.3 is 15.2 Å². The maximum absolute atomic E-state index is 14.0. The van der Waals surface area contributed by atoms with Gasteiger partial charge in [0.15, 0.2) is 5.75 Å². The summed E-state index contributed by atoms with van der Waals surface area (Å²) in [6.07, 6.45) is -0.419. The summed E-state index contributed by atoms with van der Waals surface area (Å²) in [5.41, 5.74) is 1.18. The first-order chi connectivity index (χ1) is 16.1. The highest BCUT2D eigenvalue weighted by Crippen LogP contribution is 2.33. The zero-order valence-corrected chi connectivity index (χ0v) is 19.3. The molecular weight excluding hydrogens is 463 g/mol. The van der Waals surface area contributed by atoms with Gasteiger partial charge in [-0.25, -0.2) is 12.8 Å². The van der Waals surface area contributed by atoms with E-state index in [0.29, 0.717) is 6.54 Å². The number of halogens is 1. The molecule has 0 saturated heterocycles. The van der Waals surface area contributed by atoms with Gasteiger partial charge in [-0.1, -0.05) is 17.7 Å². The Hall–Kier alpha value is -3.92. The summed E-state index contributed by atoms with van der Waals surface area (Å²) in [6, 6.07) is 13.7. The molecule has 3 aromatic carbocycles. The normalized spacial score (nSPS) is 11.0. The number of sulfonamides is 1. The lowest BCUT2D eigenvalue weighted by Gasteiger charge is -2.16. The number of amides is 1. The van der Waals surface area contributed by atoms with Crippen LogP contribution >= 0.6 is 0 Å². The Kier molecular flexibility index (Phi) is 7.52. The number of aliphatic carboxylic acids is 1. The third-order valence-corrected chi connectivity index (χ3v) is 6.05. The van der Waals surface area contributed by atoms with Gasteiger partial charge in [-0.05, 0) is 61.9 Å². The molecule has 178 valence electrons. The van der Waals surface area contributed by atoms with E-state index >= 15 is 0 Å². The van der Waals surface area contributed by atoms with Gasteiger partial charge in [-0.15, -0.1) is 0 Å². The van der Waals surface area contributed by atoms with E-state index in [4.69, 9.17) is 9.84 Å². The van der Waals surface area contributed by atoms with E-state index in [1.807, 2.05) is 6.92 Å². The molecule has 0 saturated carbocycles. The molecule has 0 spiro atoms. The van der Waals surface area contributed by atoms with Gasteiger partial charge in [-0.2, -0.15) is 0 Å². The van der Waals surface area contributed by atoms with Crippen LogP contribution in [0.3, 0.4) is 0 Å². The third kappa shape index (κ3) is 6.32. The molecule has 0 aliphatic rings. The number of hydrogen-bond acceptors (Lipinski definition) is 5. The Morgan fingerprint density at radius 1 is 1.03 bits per heavy atom. The molecular formula is C24H23FN2O6S. The van der Waals surface area contributed by atoms with Gasteiger partial charge in [0.05, 0.1) is 17.0 Å². The molecule has 8 nitrogen and oxygen atoms in total. The van der Waals surface area contributed by atoms with E-state index in [-0.39, 0.29) is 33.2 Å². The van der Waals surface area contributed by atoms with Crippen LogP contribution in [0.25, 0.3) is 0 Å². The number of ether oxygens (including phenoxy) is 1.